The molecule has 1 aromatic heterocycles. The number of aromatic nitrogens is 1. The van der Waals surface area contributed by atoms with Gasteiger partial charge >= 0.3 is 21.6 Å². The largest absolute Gasteiger partial charge is 0.534 e. The normalized spacial score (nSPS) is 16.5. The van der Waals surface area contributed by atoms with Crippen molar-refractivity contribution in [2.45, 2.75) is 43.8 Å². The van der Waals surface area contributed by atoms with Crippen molar-refractivity contribution >= 4 is 16.1 Å². The molecule has 1 aromatic rings. The molecule has 12 heteroatoms. The number of fused-ring (bicyclic) bond motifs is 1. The fraction of sp³-hybridized carbons (Fsp3) is 0.600. The molecule has 1 unspecified atom stereocenters. The van der Waals surface area contributed by atoms with E-state index < -0.39 is 44.1 Å². The van der Waals surface area contributed by atoms with E-state index in [1.165, 1.54) is 13.0 Å². The summed E-state index contributed by atoms with van der Waals surface area (Å²) in [5.41, 5.74) is -8.86. The lowest BCUT2D eigenvalue weighted by Crippen LogP contribution is -2.42. The molecule has 0 saturated carbocycles. The number of carbonyl (C=O) groups is 1. The lowest BCUT2D eigenvalue weighted by molar-refractivity contribution is -0.168. The minimum Gasteiger partial charge on any atom is -0.467 e. The molecule has 0 aromatic carbocycles. The number of ether oxygens (including phenoxy) is 2. The Morgan fingerprint density at radius 2 is 1.93 bits per heavy atom. The molecule has 1 atom stereocenters. The van der Waals surface area contributed by atoms with Gasteiger partial charge in [0.15, 0.2) is 5.60 Å². The molecule has 8 nitrogen and oxygen atoms in total. The molecular formula is C15H18F3NO7S. The molecule has 0 spiro atoms. The van der Waals surface area contributed by atoms with Gasteiger partial charge in [0.05, 0.1) is 7.11 Å². The number of hydrogen-bond donors (Lipinski definition) is 0. The van der Waals surface area contributed by atoms with E-state index in [-0.39, 0.29) is 13.0 Å². The zero-order valence-electron chi connectivity index (χ0n) is 14.8. The van der Waals surface area contributed by atoms with Gasteiger partial charge in [-0.3, -0.25) is 4.79 Å². The van der Waals surface area contributed by atoms with Gasteiger partial charge in [0.2, 0.25) is 5.75 Å². The molecule has 0 saturated heterocycles. The number of esters is 1. The average Bonchev–Trinajstić information content (AvgIpc) is 3.07. The van der Waals surface area contributed by atoms with Gasteiger partial charge in [0.1, 0.15) is 0 Å². The van der Waals surface area contributed by atoms with Crippen LogP contribution in [0, 0.1) is 0 Å². The van der Waals surface area contributed by atoms with Gasteiger partial charge in [-0.25, -0.2) is 4.79 Å². The van der Waals surface area contributed by atoms with Crippen LogP contribution in [0.4, 0.5) is 13.2 Å². The standard InChI is InChI=1S/C15H18F3NO7S/c1-4-14(25-3,13(21)24-2)10-8-9-6-5-7-19(9)12(20)11(10)26-27(22,23)15(16,17)18/h8H,4-7H2,1-3H3. The topological polar surface area (TPSA) is 101 Å². The number of rotatable bonds is 6. The van der Waals surface area contributed by atoms with Crippen molar-refractivity contribution in [1.82, 2.24) is 4.57 Å². The molecule has 0 bridgehead atoms. The Hall–Kier alpha value is -2.08. The number of aryl methyl sites for hydroxylation is 1. The van der Waals surface area contributed by atoms with Crippen LogP contribution >= 0.6 is 0 Å². The van der Waals surface area contributed by atoms with Crippen LogP contribution in [0.5, 0.6) is 5.75 Å². The Bertz CT molecular complexity index is 901. The fourth-order valence-electron chi connectivity index (χ4n) is 3.03. The summed E-state index contributed by atoms with van der Waals surface area (Å²) in [6.45, 7) is 1.65. The number of pyridine rings is 1. The summed E-state index contributed by atoms with van der Waals surface area (Å²) in [5.74, 6) is -2.14. The van der Waals surface area contributed by atoms with Crippen molar-refractivity contribution in [2.75, 3.05) is 14.2 Å². The van der Waals surface area contributed by atoms with Crippen LogP contribution in [0.2, 0.25) is 0 Å². The number of carbonyl (C=O) groups excluding carboxylic acids is 1. The Labute approximate surface area is 152 Å². The quantitative estimate of drug-likeness (QED) is 0.395. The third kappa shape index (κ3) is 3.43. The minimum absolute atomic E-state index is 0.151. The first-order chi connectivity index (χ1) is 12.4. The number of hydrogen-bond acceptors (Lipinski definition) is 7. The monoisotopic (exact) mass is 413 g/mol. The minimum atomic E-state index is -6.14. The summed E-state index contributed by atoms with van der Waals surface area (Å²) < 4.78 is 76.6. The highest BCUT2D eigenvalue weighted by Gasteiger charge is 2.51. The summed E-state index contributed by atoms with van der Waals surface area (Å²) in [6.07, 6.45) is 0.787. The van der Waals surface area contributed by atoms with Crippen molar-refractivity contribution in [3.8, 4) is 5.75 Å². The number of halogens is 3. The van der Waals surface area contributed by atoms with E-state index in [1.54, 1.807) is 0 Å². The van der Waals surface area contributed by atoms with Crippen molar-refractivity contribution in [3.05, 3.63) is 27.7 Å². The van der Waals surface area contributed by atoms with Gasteiger partial charge < -0.3 is 18.2 Å². The van der Waals surface area contributed by atoms with E-state index >= 15 is 0 Å². The molecule has 2 rings (SSSR count). The fourth-order valence-corrected chi connectivity index (χ4v) is 3.51. The van der Waals surface area contributed by atoms with E-state index in [1.807, 2.05) is 0 Å². The molecule has 0 radical (unpaired) electrons. The maximum Gasteiger partial charge on any atom is 0.534 e. The molecule has 0 amide bonds. The molecule has 1 aliphatic heterocycles. The second-order valence-corrected chi connectivity index (χ2v) is 7.34. The number of methoxy groups -OCH3 is 2. The highest BCUT2D eigenvalue weighted by atomic mass is 32.2. The Morgan fingerprint density at radius 1 is 1.30 bits per heavy atom. The zero-order chi connectivity index (χ0) is 20.6. The van der Waals surface area contributed by atoms with Crippen molar-refractivity contribution in [2.24, 2.45) is 0 Å². The van der Waals surface area contributed by atoms with E-state index in [0.717, 1.165) is 18.8 Å². The maximum atomic E-state index is 12.8. The molecular weight excluding hydrogens is 395 g/mol. The summed E-state index contributed by atoms with van der Waals surface area (Å²) in [5, 5.41) is 0. The highest BCUT2D eigenvalue weighted by Crippen LogP contribution is 2.38. The van der Waals surface area contributed by atoms with Crippen molar-refractivity contribution < 1.29 is 40.0 Å². The molecule has 0 fully saturated rings. The summed E-state index contributed by atoms with van der Waals surface area (Å²) >= 11 is 0. The van der Waals surface area contributed by atoms with E-state index in [4.69, 9.17) is 4.74 Å². The second kappa shape index (κ2) is 7.15. The first kappa shape index (κ1) is 21.2. The van der Waals surface area contributed by atoms with Crippen LogP contribution in [0.1, 0.15) is 31.0 Å². The SMILES string of the molecule is CCC(OC)(C(=O)OC)c1cc2n(c(=O)c1OS(=O)(=O)C(F)(F)F)CCC2. The van der Waals surface area contributed by atoms with Crippen molar-refractivity contribution in [3.63, 3.8) is 0 Å². The average molecular weight is 413 g/mol. The van der Waals surface area contributed by atoms with Crippen LogP contribution in [-0.2, 0) is 43.0 Å². The third-order valence-corrected chi connectivity index (χ3v) is 5.38. The smallest absolute Gasteiger partial charge is 0.467 e. The third-order valence-electron chi connectivity index (χ3n) is 4.43. The lowest BCUT2D eigenvalue weighted by atomic mass is 9.90. The highest BCUT2D eigenvalue weighted by molar-refractivity contribution is 7.88. The van der Waals surface area contributed by atoms with Gasteiger partial charge in [-0.2, -0.15) is 21.6 Å². The van der Waals surface area contributed by atoms with Gasteiger partial charge in [-0.05, 0) is 25.3 Å². The molecule has 2 heterocycles. The zero-order valence-corrected chi connectivity index (χ0v) is 15.6. The number of nitrogens with zero attached hydrogens (tertiary/aromatic N) is 1. The first-order valence-corrected chi connectivity index (χ1v) is 9.27. The number of alkyl halides is 3. The van der Waals surface area contributed by atoms with Gasteiger partial charge in [-0.15, -0.1) is 0 Å². The lowest BCUT2D eigenvalue weighted by Gasteiger charge is -2.30. The molecule has 27 heavy (non-hydrogen) atoms. The maximum absolute atomic E-state index is 12.8. The van der Waals surface area contributed by atoms with Crippen LogP contribution in [0.15, 0.2) is 10.9 Å². The summed E-state index contributed by atoms with van der Waals surface area (Å²) in [7, 11) is -4.03. The summed E-state index contributed by atoms with van der Waals surface area (Å²) in [4.78, 5) is 25.0. The van der Waals surface area contributed by atoms with E-state index in [2.05, 4.69) is 8.92 Å². The van der Waals surface area contributed by atoms with Gasteiger partial charge in [0.25, 0.3) is 5.56 Å². The Balaban J connectivity index is 2.83. The van der Waals surface area contributed by atoms with Crippen LogP contribution in [0.3, 0.4) is 0 Å². The van der Waals surface area contributed by atoms with Crippen LogP contribution in [0.25, 0.3) is 0 Å². The molecule has 152 valence electrons. The van der Waals surface area contributed by atoms with E-state index in [9.17, 15) is 31.2 Å². The predicted octanol–water partition coefficient (Wildman–Crippen LogP) is 1.45. The van der Waals surface area contributed by atoms with E-state index in [0.29, 0.717) is 18.5 Å². The summed E-state index contributed by atoms with van der Waals surface area (Å²) in [6, 6.07) is 1.25. The van der Waals surface area contributed by atoms with Gasteiger partial charge in [-0.1, -0.05) is 6.92 Å². The second-order valence-electron chi connectivity index (χ2n) is 5.80. The van der Waals surface area contributed by atoms with Crippen molar-refractivity contribution in [1.29, 1.82) is 0 Å². The first-order valence-electron chi connectivity index (χ1n) is 7.86. The van der Waals surface area contributed by atoms with Gasteiger partial charge in [0, 0.05) is 24.9 Å². The molecule has 0 aliphatic carbocycles. The van der Waals surface area contributed by atoms with Crippen LogP contribution < -0.4 is 9.74 Å². The molecule has 0 N–H and O–H groups in total. The Morgan fingerprint density at radius 3 is 2.41 bits per heavy atom. The predicted molar refractivity (Wildman–Crippen MR) is 85.6 cm³/mol. The van der Waals surface area contributed by atoms with Crippen LogP contribution in [-0.4, -0.2) is 38.7 Å². The molecule has 1 aliphatic rings. The Kier molecular flexibility index (Phi) is 5.62.